The van der Waals surface area contributed by atoms with Gasteiger partial charge in [0.2, 0.25) is 0 Å². The van der Waals surface area contributed by atoms with Crippen molar-refractivity contribution < 1.29 is 4.42 Å². The fourth-order valence-corrected chi connectivity index (χ4v) is 1.38. The number of nitrogens with two attached hydrogens (primary N) is 1. The van der Waals surface area contributed by atoms with Gasteiger partial charge in [0, 0.05) is 5.39 Å². The smallest absolute Gasteiger partial charge is 0.134 e. The minimum atomic E-state index is 0. The molecule has 0 unspecified atom stereocenters. The lowest BCUT2D eigenvalue weighted by Gasteiger charge is -1.91. The van der Waals surface area contributed by atoms with Crippen LogP contribution < -0.4 is 5.73 Å². The zero-order valence-corrected chi connectivity index (χ0v) is 8.01. The molecule has 13 heavy (non-hydrogen) atoms. The van der Waals surface area contributed by atoms with Crippen molar-refractivity contribution in [3.05, 3.63) is 36.1 Å². The molecule has 0 saturated heterocycles. The minimum Gasteiger partial charge on any atom is -0.464 e. The lowest BCUT2D eigenvalue weighted by Crippen LogP contribution is -2.01. The van der Waals surface area contributed by atoms with Gasteiger partial charge in [-0.3, -0.25) is 0 Å². The van der Waals surface area contributed by atoms with Gasteiger partial charge in [0.05, 0.1) is 6.26 Å². The fourth-order valence-electron chi connectivity index (χ4n) is 1.38. The lowest BCUT2D eigenvalue weighted by atomic mass is 10.1. The number of benzene rings is 1. The van der Waals surface area contributed by atoms with E-state index in [4.69, 9.17) is 10.2 Å². The monoisotopic (exact) mass is 197 g/mol. The number of hydrogen-bond acceptors (Lipinski definition) is 2. The molecular formula is C10H12ClNO. The number of hydrogen-bond donors (Lipinski definition) is 1. The van der Waals surface area contributed by atoms with E-state index >= 15 is 0 Å². The molecule has 0 radical (unpaired) electrons. The van der Waals surface area contributed by atoms with Crippen molar-refractivity contribution in [1.82, 2.24) is 0 Å². The van der Waals surface area contributed by atoms with Crippen LogP contribution in [0, 0.1) is 0 Å². The van der Waals surface area contributed by atoms with Crippen LogP contribution in [0.1, 0.15) is 5.56 Å². The van der Waals surface area contributed by atoms with E-state index < -0.39 is 0 Å². The van der Waals surface area contributed by atoms with Crippen molar-refractivity contribution in [2.45, 2.75) is 6.42 Å². The molecule has 0 aliphatic heterocycles. The van der Waals surface area contributed by atoms with Crippen LogP contribution in [-0.2, 0) is 6.42 Å². The van der Waals surface area contributed by atoms with Gasteiger partial charge in [0.25, 0.3) is 0 Å². The molecule has 2 aromatic rings. The Kier molecular flexibility index (Phi) is 3.34. The SMILES string of the molecule is Cl.NCCc1coc2ccccc12. The molecule has 1 aromatic carbocycles. The highest BCUT2D eigenvalue weighted by atomic mass is 35.5. The molecule has 2 rings (SSSR count). The lowest BCUT2D eigenvalue weighted by molar-refractivity contribution is 0.610. The molecule has 1 heterocycles. The maximum absolute atomic E-state index is 5.47. The van der Waals surface area contributed by atoms with Crippen molar-refractivity contribution in [2.75, 3.05) is 6.54 Å². The summed E-state index contributed by atoms with van der Waals surface area (Å²) in [6.07, 6.45) is 2.68. The Bertz CT molecular complexity index is 383. The Labute approximate surface area is 83.1 Å². The van der Waals surface area contributed by atoms with E-state index in [1.54, 1.807) is 6.26 Å². The molecule has 0 fully saturated rings. The second-order valence-corrected chi connectivity index (χ2v) is 2.80. The number of rotatable bonds is 2. The van der Waals surface area contributed by atoms with Gasteiger partial charge < -0.3 is 10.2 Å². The zero-order chi connectivity index (χ0) is 8.39. The van der Waals surface area contributed by atoms with Crippen LogP contribution in [0.4, 0.5) is 0 Å². The van der Waals surface area contributed by atoms with E-state index in [0.29, 0.717) is 6.54 Å². The molecule has 1 aromatic heterocycles. The van der Waals surface area contributed by atoms with E-state index in [0.717, 1.165) is 12.0 Å². The van der Waals surface area contributed by atoms with Crippen LogP contribution in [0.3, 0.4) is 0 Å². The van der Waals surface area contributed by atoms with Crippen LogP contribution >= 0.6 is 12.4 Å². The average Bonchev–Trinajstić information content (AvgIpc) is 2.50. The summed E-state index contributed by atoms with van der Waals surface area (Å²) in [6, 6.07) is 8.01. The second kappa shape index (κ2) is 4.30. The number of para-hydroxylation sites is 1. The van der Waals surface area contributed by atoms with Gasteiger partial charge in [-0.05, 0) is 24.6 Å². The summed E-state index contributed by atoms with van der Waals surface area (Å²) in [4.78, 5) is 0. The third-order valence-corrected chi connectivity index (χ3v) is 1.97. The maximum Gasteiger partial charge on any atom is 0.134 e. The summed E-state index contributed by atoms with van der Waals surface area (Å²) in [5, 5.41) is 1.18. The van der Waals surface area contributed by atoms with Gasteiger partial charge >= 0.3 is 0 Å². The summed E-state index contributed by atoms with van der Waals surface area (Å²) >= 11 is 0. The zero-order valence-electron chi connectivity index (χ0n) is 7.19. The van der Waals surface area contributed by atoms with E-state index in [-0.39, 0.29) is 12.4 Å². The van der Waals surface area contributed by atoms with Crippen LogP contribution in [0.25, 0.3) is 11.0 Å². The highest BCUT2D eigenvalue weighted by molar-refractivity contribution is 5.85. The molecule has 0 saturated carbocycles. The molecule has 0 atom stereocenters. The van der Waals surface area contributed by atoms with Gasteiger partial charge in [-0.1, -0.05) is 18.2 Å². The van der Waals surface area contributed by atoms with Gasteiger partial charge in [0.15, 0.2) is 0 Å². The van der Waals surface area contributed by atoms with Crippen molar-refractivity contribution in [3.8, 4) is 0 Å². The predicted octanol–water partition coefficient (Wildman–Crippen LogP) is 2.36. The van der Waals surface area contributed by atoms with Crippen LogP contribution in [-0.4, -0.2) is 6.54 Å². The first-order valence-corrected chi connectivity index (χ1v) is 4.07. The summed E-state index contributed by atoms with van der Waals surface area (Å²) in [7, 11) is 0. The Hall–Kier alpha value is -0.990. The van der Waals surface area contributed by atoms with E-state index in [1.807, 2.05) is 18.2 Å². The van der Waals surface area contributed by atoms with Gasteiger partial charge in [-0.25, -0.2) is 0 Å². The Balaban J connectivity index is 0.000000845. The number of fused-ring (bicyclic) bond motifs is 1. The van der Waals surface area contributed by atoms with E-state index in [1.165, 1.54) is 10.9 Å². The first kappa shape index (κ1) is 10.1. The fraction of sp³-hybridized carbons (Fsp3) is 0.200. The van der Waals surface area contributed by atoms with Gasteiger partial charge in [-0.2, -0.15) is 0 Å². The predicted molar refractivity (Wildman–Crippen MR) is 56.2 cm³/mol. The van der Waals surface area contributed by atoms with Gasteiger partial charge in [0.1, 0.15) is 5.58 Å². The standard InChI is InChI=1S/C10H11NO.ClH/c11-6-5-8-7-12-10-4-2-1-3-9(8)10;/h1-4,7H,5-6,11H2;1H. The van der Waals surface area contributed by atoms with Crippen molar-refractivity contribution in [3.63, 3.8) is 0 Å². The third-order valence-electron chi connectivity index (χ3n) is 1.97. The summed E-state index contributed by atoms with van der Waals surface area (Å²) < 4.78 is 5.35. The van der Waals surface area contributed by atoms with Gasteiger partial charge in [-0.15, -0.1) is 12.4 Å². The molecule has 0 aliphatic rings. The highest BCUT2D eigenvalue weighted by Gasteiger charge is 2.02. The summed E-state index contributed by atoms with van der Waals surface area (Å²) in [6.45, 7) is 0.670. The van der Waals surface area contributed by atoms with Crippen LogP contribution in [0.2, 0.25) is 0 Å². The molecule has 2 N–H and O–H groups in total. The first-order chi connectivity index (χ1) is 5.92. The van der Waals surface area contributed by atoms with Crippen molar-refractivity contribution >= 4 is 23.4 Å². The van der Waals surface area contributed by atoms with Crippen LogP contribution in [0.5, 0.6) is 0 Å². The van der Waals surface area contributed by atoms with E-state index in [2.05, 4.69) is 6.07 Å². The molecule has 0 spiro atoms. The third kappa shape index (κ3) is 1.85. The Morgan fingerprint density at radius 1 is 1.23 bits per heavy atom. The molecule has 0 aliphatic carbocycles. The minimum absolute atomic E-state index is 0. The molecular weight excluding hydrogens is 186 g/mol. The Morgan fingerprint density at radius 3 is 2.77 bits per heavy atom. The molecule has 0 amide bonds. The maximum atomic E-state index is 5.47. The number of furan rings is 1. The van der Waals surface area contributed by atoms with Crippen LogP contribution in [0.15, 0.2) is 34.9 Å². The van der Waals surface area contributed by atoms with Crippen molar-refractivity contribution in [2.24, 2.45) is 5.73 Å². The molecule has 2 nitrogen and oxygen atoms in total. The first-order valence-electron chi connectivity index (χ1n) is 4.07. The molecule has 0 bridgehead atoms. The van der Waals surface area contributed by atoms with Crippen molar-refractivity contribution in [1.29, 1.82) is 0 Å². The summed E-state index contributed by atoms with van der Waals surface area (Å²) in [5.74, 6) is 0. The van der Waals surface area contributed by atoms with E-state index in [9.17, 15) is 0 Å². The average molecular weight is 198 g/mol. The largest absolute Gasteiger partial charge is 0.464 e. The molecule has 3 heteroatoms. The quantitative estimate of drug-likeness (QED) is 0.803. The topological polar surface area (TPSA) is 39.2 Å². The Morgan fingerprint density at radius 2 is 2.00 bits per heavy atom. The summed E-state index contributed by atoms with van der Waals surface area (Å²) in [5.41, 5.74) is 7.62. The highest BCUT2D eigenvalue weighted by Crippen LogP contribution is 2.20. The molecule has 70 valence electrons. The normalized spacial score (nSPS) is 9.92. The number of halogens is 1. The second-order valence-electron chi connectivity index (χ2n) is 2.80.